The van der Waals surface area contributed by atoms with E-state index in [1.165, 1.54) is 0 Å². The molecule has 5 heteroatoms. The number of allylic oxidation sites excluding steroid dienone is 1. The van der Waals surface area contributed by atoms with Gasteiger partial charge >= 0.3 is 0 Å². The predicted molar refractivity (Wildman–Crippen MR) is 99.3 cm³/mol. The lowest BCUT2D eigenvalue weighted by Crippen LogP contribution is -2.30. The summed E-state index contributed by atoms with van der Waals surface area (Å²) in [6.07, 6.45) is 10.5. The zero-order valence-electron chi connectivity index (χ0n) is 15.7. The molecule has 2 unspecified atom stereocenters. The number of methoxy groups -OCH3 is 1. The zero-order chi connectivity index (χ0) is 17.6. The van der Waals surface area contributed by atoms with Gasteiger partial charge in [-0.3, -0.25) is 0 Å². The highest BCUT2D eigenvalue weighted by molar-refractivity contribution is 6.69. The molecule has 0 rings (SSSR count). The summed E-state index contributed by atoms with van der Waals surface area (Å²) in [6.45, 7) is 14.0. The van der Waals surface area contributed by atoms with Crippen molar-refractivity contribution in [1.82, 2.24) is 0 Å². The SMILES string of the molecule is C=CCCC(CC=CCC(C)O[Si](C)(C)C)OCOCCOC. The Balaban J connectivity index is 4.01. The average Bonchev–Trinajstić information content (AvgIpc) is 2.46. The summed E-state index contributed by atoms with van der Waals surface area (Å²) in [5.74, 6) is 0. The fourth-order valence-electron chi connectivity index (χ4n) is 2.11. The molecular formula is C18H36O4Si. The van der Waals surface area contributed by atoms with E-state index in [0.29, 0.717) is 20.0 Å². The van der Waals surface area contributed by atoms with Crippen molar-refractivity contribution in [2.75, 3.05) is 27.1 Å². The van der Waals surface area contributed by atoms with Gasteiger partial charge in [0.05, 0.1) is 19.3 Å². The molecule has 0 heterocycles. The van der Waals surface area contributed by atoms with Crippen LogP contribution in [0.15, 0.2) is 24.8 Å². The van der Waals surface area contributed by atoms with Crippen LogP contribution < -0.4 is 0 Å². The normalized spacial score (nSPS) is 15.0. The van der Waals surface area contributed by atoms with Crippen LogP contribution in [0.5, 0.6) is 0 Å². The quantitative estimate of drug-likeness (QED) is 0.189. The Labute approximate surface area is 144 Å². The van der Waals surface area contributed by atoms with Gasteiger partial charge in [0.2, 0.25) is 0 Å². The van der Waals surface area contributed by atoms with E-state index in [9.17, 15) is 0 Å². The smallest absolute Gasteiger partial charge is 0.184 e. The van der Waals surface area contributed by atoms with Crippen LogP contribution in [0, 0.1) is 0 Å². The van der Waals surface area contributed by atoms with Crippen LogP contribution in [0.4, 0.5) is 0 Å². The molecule has 0 aliphatic carbocycles. The van der Waals surface area contributed by atoms with Crippen LogP contribution in [0.2, 0.25) is 19.6 Å². The third kappa shape index (κ3) is 16.2. The first-order valence-electron chi connectivity index (χ1n) is 8.51. The fraction of sp³-hybridized carbons (Fsp3) is 0.778. The second-order valence-electron chi connectivity index (χ2n) is 6.66. The molecular weight excluding hydrogens is 308 g/mol. The molecule has 2 atom stereocenters. The number of ether oxygens (including phenoxy) is 3. The second-order valence-corrected chi connectivity index (χ2v) is 11.1. The summed E-state index contributed by atoms with van der Waals surface area (Å²) in [6, 6.07) is 0. The van der Waals surface area contributed by atoms with E-state index in [1.807, 2.05) is 6.08 Å². The molecule has 0 amide bonds. The molecule has 0 saturated heterocycles. The lowest BCUT2D eigenvalue weighted by Gasteiger charge is -2.22. The highest BCUT2D eigenvalue weighted by atomic mass is 28.4. The van der Waals surface area contributed by atoms with Crippen LogP contribution in [-0.4, -0.2) is 47.6 Å². The summed E-state index contributed by atoms with van der Waals surface area (Å²) < 4.78 is 22.1. The molecule has 0 spiro atoms. The van der Waals surface area contributed by atoms with E-state index in [1.54, 1.807) is 7.11 Å². The van der Waals surface area contributed by atoms with E-state index in [2.05, 4.69) is 45.3 Å². The summed E-state index contributed by atoms with van der Waals surface area (Å²) in [4.78, 5) is 0. The van der Waals surface area contributed by atoms with Crippen molar-refractivity contribution in [3.8, 4) is 0 Å². The van der Waals surface area contributed by atoms with E-state index in [0.717, 1.165) is 25.7 Å². The first-order valence-corrected chi connectivity index (χ1v) is 11.9. The maximum Gasteiger partial charge on any atom is 0.184 e. The van der Waals surface area contributed by atoms with Gasteiger partial charge in [-0.1, -0.05) is 18.2 Å². The Morgan fingerprint density at radius 1 is 1.09 bits per heavy atom. The molecule has 0 aromatic rings. The molecule has 0 aliphatic heterocycles. The molecule has 4 nitrogen and oxygen atoms in total. The first-order chi connectivity index (χ1) is 10.9. The van der Waals surface area contributed by atoms with Crippen molar-refractivity contribution in [2.24, 2.45) is 0 Å². The largest absolute Gasteiger partial charge is 0.415 e. The number of hydrogen-bond donors (Lipinski definition) is 0. The third-order valence-electron chi connectivity index (χ3n) is 3.10. The molecule has 0 N–H and O–H groups in total. The average molecular weight is 345 g/mol. The second kappa shape index (κ2) is 13.9. The zero-order valence-corrected chi connectivity index (χ0v) is 16.7. The van der Waals surface area contributed by atoms with E-state index in [4.69, 9.17) is 18.6 Å². The molecule has 0 aromatic heterocycles. The summed E-state index contributed by atoms with van der Waals surface area (Å²) in [5.41, 5.74) is 0. The number of rotatable bonds is 15. The summed E-state index contributed by atoms with van der Waals surface area (Å²) in [7, 11) is 0.216. The van der Waals surface area contributed by atoms with Crippen molar-refractivity contribution in [1.29, 1.82) is 0 Å². The maximum atomic E-state index is 6.02. The van der Waals surface area contributed by atoms with Gasteiger partial charge in [-0.15, -0.1) is 6.58 Å². The minimum Gasteiger partial charge on any atom is -0.415 e. The Morgan fingerprint density at radius 3 is 2.39 bits per heavy atom. The molecule has 0 fully saturated rings. The van der Waals surface area contributed by atoms with Crippen molar-refractivity contribution >= 4 is 8.32 Å². The van der Waals surface area contributed by atoms with Crippen molar-refractivity contribution in [2.45, 2.75) is 64.5 Å². The van der Waals surface area contributed by atoms with Crippen LogP contribution >= 0.6 is 0 Å². The number of hydrogen-bond acceptors (Lipinski definition) is 4. The Morgan fingerprint density at radius 2 is 1.78 bits per heavy atom. The van der Waals surface area contributed by atoms with Gasteiger partial charge in [0.15, 0.2) is 8.32 Å². The van der Waals surface area contributed by atoms with E-state index in [-0.39, 0.29) is 12.2 Å². The highest BCUT2D eigenvalue weighted by Crippen LogP contribution is 2.12. The highest BCUT2D eigenvalue weighted by Gasteiger charge is 2.17. The lowest BCUT2D eigenvalue weighted by molar-refractivity contribution is -0.0979. The Bertz CT molecular complexity index is 313. The first kappa shape index (κ1) is 22.5. The minimum absolute atomic E-state index is 0.167. The molecule has 0 aromatic carbocycles. The van der Waals surface area contributed by atoms with Gasteiger partial charge in [0.1, 0.15) is 6.79 Å². The topological polar surface area (TPSA) is 36.9 Å². The summed E-state index contributed by atoms with van der Waals surface area (Å²) in [5, 5.41) is 0. The molecule has 0 bridgehead atoms. The lowest BCUT2D eigenvalue weighted by atomic mass is 10.1. The van der Waals surface area contributed by atoms with Crippen molar-refractivity contribution in [3.63, 3.8) is 0 Å². The van der Waals surface area contributed by atoms with E-state index >= 15 is 0 Å². The van der Waals surface area contributed by atoms with Crippen LogP contribution in [0.3, 0.4) is 0 Å². The van der Waals surface area contributed by atoms with Gasteiger partial charge in [-0.2, -0.15) is 0 Å². The van der Waals surface area contributed by atoms with E-state index < -0.39 is 8.32 Å². The van der Waals surface area contributed by atoms with Gasteiger partial charge < -0.3 is 18.6 Å². The van der Waals surface area contributed by atoms with Gasteiger partial charge in [-0.25, -0.2) is 0 Å². The molecule has 0 aliphatic rings. The fourth-order valence-corrected chi connectivity index (χ4v) is 3.41. The minimum atomic E-state index is -1.45. The van der Waals surface area contributed by atoms with Crippen LogP contribution in [0.1, 0.15) is 32.6 Å². The predicted octanol–water partition coefficient (Wildman–Crippen LogP) is 4.53. The van der Waals surface area contributed by atoms with Gasteiger partial charge in [-0.05, 0) is 52.2 Å². The monoisotopic (exact) mass is 344 g/mol. The van der Waals surface area contributed by atoms with Crippen molar-refractivity contribution in [3.05, 3.63) is 24.8 Å². The molecule has 0 saturated carbocycles. The Kier molecular flexibility index (Phi) is 13.6. The molecule has 23 heavy (non-hydrogen) atoms. The Hall–Kier alpha value is -0.463. The maximum absolute atomic E-state index is 6.02. The van der Waals surface area contributed by atoms with Gasteiger partial charge in [0.25, 0.3) is 0 Å². The van der Waals surface area contributed by atoms with Crippen LogP contribution in [-0.2, 0) is 18.6 Å². The molecule has 136 valence electrons. The van der Waals surface area contributed by atoms with Crippen molar-refractivity contribution < 1.29 is 18.6 Å². The standard InChI is InChI=1S/C18H36O4Si/c1-7-8-12-18(21-16-20-15-14-19-3)13-10-9-11-17(2)22-23(4,5)6/h7,9-10,17-18H,1,8,11-16H2,2-6H3. The van der Waals surface area contributed by atoms with Crippen LogP contribution in [0.25, 0.3) is 0 Å². The summed E-state index contributed by atoms with van der Waals surface area (Å²) >= 11 is 0. The van der Waals surface area contributed by atoms with Gasteiger partial charge in [0, 0.05) is 13.2 Å². The third-order valence-corrected chi connectivity index (χ3v) is 4.21. The molecule has 0 radical (unpaired) electrons.